The molecule has 0 aliphatic carbocycles. The van der Waals surface area contributed by atoms with Crippen molar-refractivity contribution in [2.24, 2.45) is 0 Å². The molecule has 0 spiro atoms. The summed E-state index contributed by atoms with van der Waals surface area (Å²) in [6.45, 7) is 5.77. The fraction of sp³-hybridized carbons (Fsp3) is 0.265. The first-order valence-electron chi connectivity index (χ1n) is 13.4. The van der Waals surface area contributed by atoms with Crippen molar-refractivity contribution in [1.82, 2.24) is 4.90 Å². The zero-order valence-corrected chi connectivity index (χ0v) is 22.4. The minimum atomic E-state index is -0.184. The molecule has 2 heterocycles. The standard InChI is InChI=1S/C34H34N2O2/c1-24-8-6-10-26(20-24)22-34-18-19-35(32(37)28-14-16-29(38-3)17-15-28)33(34)36(31-13-5-4-12-30(31)34)23-27-11-7-9-25(2)21-27/h4-17,20-21,33H,18-19,22-23H2,1-3H3. The summed E-state index contributed by atoms with van der Waals surface area (Å²) in [5, 5.41) is 0. The maximum absolute atomic E-state index is 14.1. The molecule has 0 saturated carbocycles. The minimum Gasteiger partial charge on any atom is -0.497 e. The third kappa shape index (κ3) is 4.14. The Bertz CT molecular complexity index is 1480. The van der Waals surface area contributed by atoms with Crippen LogP contribution in [-0.4, -0.2) is 30.6 Å². The van der Waals surface area contributed by atoms with E-state index in [4.69, 9.17) is 4.74 Å². The maximum atomic E-state index is 14.1. The molecule has 2 unspecified atom stereocenters. The quantitative estimate of drug-likeness (QED) is 0.295. The molecule has 2 aliphatic rings. The molecule has 6 rings (SSSR count). The lowest BCUT2D eigenvalue weighted by molar-refractivity contribution is 0.0709. The molecule has 4 aromatic carbocycles. The number of anilines is 1. The van der Waals surface area contributed by atoms with Gasteiger partial charge in [-0.05, 0) is 73.7 Å². The first-order valence-corrected chi connectivity index (χ1v) is 13.4. The number of aryl methyl sites for hydroxylation is 2. The molecule has 0 aromatic heterocycles. The molecule has 4 heteroatoms. The molecule has 0 bridgehead atoms. The number of para-hydroxylation sites is 1. The van der Waals surface area contributed by atoms with E-state index in [1.165, 1.54) is 33.5 Å². The zero-order chi connectivity index (χ0) is 26.3. The average molecular weight is 503 g/mol. The number of fused-ring (bicyclic) bond motifs is 3. The van der Waals surface area contributed by atoms with Crippen LogP contribution in [0.25, 0.3) is 0 Å². The molecule has 1 saturated heterocycles. The van der Waals surface area contributed by atoms with Gasteiger partial charge in [0, 0.05) is 29.8 Å². The molecule has 4 aromatic rings. The lowest BCUT2D eigenvalue weighted by atomic mass is 9.74. The van der Waals surface area contributed by atoms with Gasteiger partial charge in [-0.2, -0.15) is 0 Å². The monoisotopic (exact) mass is 502 g/mol. The highest BCUT2D eigenvalue weighted by molar-refractivity contribution is 5.95. The van der Waals surface area contributed by atoms with Crippen molar-refractivity contribution in [3.63, 3.8) is 0 Å². The predicted octanol–water partition coefficient (Wildman–Crippen LogP) is 6.68. The van der Waals surface area contributed by atoms with E-state index in [9.17, 15) is 4.79 Å². The van der Waals surface area contributed by atoms with Crippen LogP contribution in [0.2, 0.25) is 0 Å². The Labute approximate surface area is 225 Å². The summed E-state index contributed by atoms with van der Waals surface area (Å²) in [4.78, 5) is 18.7. The Balaban J connectivity index is 1.46. The molecular formula is C34H34N2O2. The normalized spacial score (nSPS) is 19.8. The van der Waals surface area contributed by atoms with Crippen LogP contribution in [-0.2, 0) is 18.4 Å². The fourth-order valence-electron chi connectivity index (χ4n) is 6.64. The third-order valence-corrected chi connectivity index (χ3v) is 8.27. The van der Waals surface area contributed by atoms with Gasteiger partial charge in [-0.1, -0.05) is 77.9 Å². The van der Waals surface area contributed by atoms with Crippen LogP contribution in [0.5, 0.6) is 5.75 Å². The Morgan fingerprint density at radius 2 is 1.55 bits per heavy atom. The Kier molecular flexibility index (Phi) is 6.19. The van der Waals surface area contributed by atoms with Crippen LogP contribution in [0, 0.1) is 13.8 Å². The molecule has 0 N–H and O–H groups in total. The van der Waals surface area contributed by atoms with Crippen molar-refractivity contribution in [3.8, 4) is 5.75 Å². The first kappa shape index (κ1) is 24.3. The Morgan fingerprint density at radius 1 is 0.868 bits per heavy atom. The minimum absolute atomic E-state index is 0.0736. The smallest absolute Gasteiger partial charge is 0.255 e. The summed E-state index contributed by atoms with van der Waals surface area (Å²) >= 11 is 0. The van der Waals surface area contributed by atoms with Crippen molar-refractivity contribution in [2.45, 2.75) is 44.8 Å². The van der Waals surface area contributed by atoms with Crippen LogP contribution < -0.4 is 9.64 Å². The van der Waals surface area contributed by atoms with Gasteiger partial charge >= 0.3 is 0 Å². The molecule has 1 amide bonds. The fourth-order valence-corrected chi connectivity index (χ4v) is 6.64. The Morgan fingerprint density at radius 3 is 2.26 bits per heavy atom. The first-order chi connectivity index (χ1) is 18.5. The number of likely N-dealkylation sites (tertiary alicyclic amines) is 1. The highest BCUT2D eigenvalue weighted by Gasteiger charge is 2.58. The van der Waals surface area contributed by atoms with E-state index < -0.39 is 0 Å². The number of hydrogen-bond donors (Lipinski definition) is 0. The molecule has 192 valence electrons. The van der Waals surface area contributed by atoms with E-state index >= 15 is 0 Å². The molecular weight excluding hydrogens is 468 g/mol. The summed E-state index contributed by atoms with van der Waals surface area (Å²) in [5.74, 6) is 0.830. The molecule has 38 heavy (non-hydrogen) atoms. The van der Waals surface area contributed by atoms with Gasteiger partial charge in [0.25, 0.3) is 5.91 Å². The van der Waals surface area contributed by atoms with Gasteiger partial charge < -0.3 is 14.5 Å². The van der Waals surface area contributed by atoms with Gasteiger partial charge in [0.15, 0.2) is 0 Å². The number of ether oxygens (including phenoxy) is 1. The van der Waals surface area contributed by atoms with Gasteiger partial charge in [-0.3, -0.25) is 4.79 Å². The van der Waals surface area contributed by atoms with Gasteiger partial charge in [-0.25, -0.2) is 0 Å². The number of carbonyl (C=O) groups excluding carboxylic acids is 1. The zero-order valence-electron chi connectivity index (χ0n) is 22.4. The van der Waals surface area contributed by atoms with E-state index in [1.807, 2.05) is 24.3 Å². The maximum Gasteiger partial charge on any atom is 0.255 e. The highest BCUT2D eigenvalue weighted by Crippen LogP contribution is 2.54. The van der Waals surface area contributed by atoms with Crippen LogP contribution in [0.4, 0.5) is 5.69 Å². The summed E-state index contributed by atoms with van der Waals surface area (Å²) in [7, 11) is 1.65. The molecule has 4 nitrogen and oxygen atoms in total. The van der Waals surface area contributed by atoms with Crippen molar-refractivity contribution < 1.29 is 9.53 Å². The van der Waals surface area contributed by atoms with Crippen molar-refractivity contribution in [3.05, 3.63) is 130 Å². The Hall–Kier alpha value is -4.05. The number of carbonyl (C=O) groups is 1. The number of benzene rings is 4. The van der Waals surface area contributed by atoms with Crippen LogP contribution in [0.1, 0.15) is 44.6 Å². The molecule has 0 radical (unpaired) electrons. The third-order valence-electron chi connectivity index (χ3n) is 8.27. The van der Waals surface area contributed by atoms with E-state index in [-0.39, 0.29) is 17.5 Å². The lowest BCUT2D eigenvalue weighted by Gasteiger charge is -2.39. The van der Waals surface area contributed by atoms with Crippen molar-refractivity contribution in [2.75, 3.05) is 18.6 Å². The average Bonchev–Trinajstić information content (AvgIpc) is 3.42. The van der Waals surface area contributed by atoms with Crippen LogP contribution in [0.15, 0.2) is 97.1 Å². The second-order valence-corrected chi connectivity index (χ2v) is 10.8. The van der Waals surface area contributed by atoms with E-state index in [0.717, 1.165) is 31.7 Å². The lowest BCUT2D eigenvalue weighted by Crippen LogP contribution is -2.52. The van der Waals surface area contributed by atoms with Gasteiger partial charge in [0.05, 0.1) is 7.11 Å². The number of rotatable bonds is 6. The van der Waals surface area contributed by atoms with Gasteiger partial charge in [0.2, 0.25) is 0 Å². The summed E-state index contributed by atoms with van der Waals surface area (Å²) in [5.41, 5.74) is 8.19. The summed E-state index contributed by atoms with van der Waals surface area (Å²) < 4.78 is 5.34. The number of nitrogens with zero attached hydrogens (tertiary/aromatic N) is 2. The topological polar surface area (TPSA) is 32.8 Å². The summed E-state index contributed by atoms with van der Waals surface area (Å²) in [6.07, 6.45) is 1.75. The van der Waals surface area contributed by atoms with Gasteiger partial charge in [-0.15, -0.1) is 0 Å². The SMILES string of the molecule is COc1ccc(C(=O)N2CCC3(Cc4cccc(C)c4)c4ccccc4N(Cc4cccc(C)c4)C23)cc1. The van der Waals surface area contributed by atoms with E-state index in [0.29, 0.717) is 5.56 Å². The van der Waals surface area contributed by atoms with E-state index in [1.54, 1.807) is 7.11 Å². The van der Waals surface area contributed by atoms with E-state index in [2.05, 4.69) is 96.4 Å². The number of amides is 1. The highest BCUT2D eigenvalue weighted by atomic mass is 16.5. The number of hydrogen-bond acceptors (Lipinski definition) is 3. The summed E-state index contributed by atoms with van der Waals surface area (Å²) in [6, 6.07) is 33.9. The predicted molar refractivity (Wildman–Crippen MR) is 153 cm³/mol. The molecule has 1 fully saturated rings. The van der Waals surface area contributed by atoms with Crippen LogP contribution in [0.3, 0.4) is 0 Å². The second-order valence-electron chi connectivity index (χ2n) is 10.8. The van der Waals surface area contributed by atoms with Crippen molar-refractivity contribution in [1.29, 1.82) is 0 Å². The number of methoxy groups -OCH3 is 1. The molecule has 2 atom stereocenters. The van der Waals surface area contributed by atoms with Crippen molar-refractivity contribution >= 4 is 11.6 Å². The molecule has 2 aliphatic heterocycles. The van der Waals surface area contributed by atoms with Crippen LogP contribution >= 0.6 is 0 Å². The second kappa shape index (κ2) is 9.68. The van der Waals surface area contributed by atoms with Gasteiger partial charge in [0.1, 0.15) is 11.9 Å². The largest absolute Gasteiger partial charge is 0.497 e.